The number of carbonyl (C=O) groups is 1. The van der Waals surface area contributed by atoms with E-state index < -0.39 is 0 Å². The van der Waals surface area contributed by atoms with Gasteiger partial charge in [-0.3, -0.25) is 4.79 Å². The number of aromatic nitrogens is 2. The van der Waals surface area contributed by atoms with Crippen LogP contribution < -0.4 is 5.32 Å². The molecule has 1 fully saturated rings. The third-order valence-electron chi connectivity index (χ3n) is 2.69. The zero-order valence-corrected chi connectivity index (χ0v) is 11.0. The molecule has 0 unspecified atom stereocenters. The number of fused-ring (bicyclic) bond motifs is 1. The van der Waals surface area contributed by atoms with Gasteiger partial charge in [0.1, 0.15) is 0 Å². The van der Waals surface area contributed by atoms with Crippen molar-refractivity contribution in [1.29, 1.82) is 0 Å². The SMILES string of the molecule is Cn1cnc2ccc(C=NN=C3NC(=O)CS3)cc21. The molecule has 0 radical (unpaired) electrons. The van der Waals surface area contributed by atoms with Gasteiger partial charge in [-0.15, -0.1) is 5.10 Å². The van der Waals surface area contributed by atoms with E-state index in [0.29, 0.717) is 10.9 Å². The predicted molar refractivity (Wildman–Crippen MR) is 76.3 cm³/mol. The Morgan fingerprint density at radius 1 is 1.53 bits per heavy atom. The molecule has 1 saturated heterocycles. The molecule has 1 N–H and O–H groups in total. The highest BCUT2D eigenvalue weighted by atomic mass is 32.2. The Kier molecular flexibility index (Phi) is 3.04. The number of nitrogens with zero attached hydrogens (tertiary/aromatic N) is 4. The minimum absolute atomic E-state index is 0.0322. The highest BCUT2D eigenvalue weighted by molar-refractivity contribution is 8.15. The van der Waals surface area contributed by atoms with Crippen molar-refractivity contribution in [2.45, 2.75) is 0 Å². The summed E-state index contributed by atoms with van der Waals surface area (Å²) in [6, 6.07) is 5.86. The van der Waals surface area contributed by atoms with E-state index in [1.165, 1.54) is 11.8 Å². The number of benzene rings is 1. The van der Waals surface area contributed by atoms with Crippen molar-refractivity contribution in [2.75, 3.05) is 5.75 Å². The van der Waals surface area contributed by atoms with Gasteiger partial charge in [0.15, 0.2) is 5.17 Å². The largest absolute Gasteiger partial charge is 0.334 e. The summed E-state index contributed by atoms with van der Waals surface area (Å²) >= 11 is 1.35. The topological polar surface area (TPSA) is 71.6 Å². The summed E-state index contributed by atoms with van der Waals surface area (Å²) in [5.41, 5.74) is 2.93. The Bertz CT molecular complexity index is 703. The first-order chi connectivity index (χ1) is 9.22. The van der Waals surface area contributed by atoms with Crippen molar-refractivity contribution in [3.63, 3.8) is 0 Å². The smallest absolute Gasteiger partial charge is 0.236 e. The molecule has 0 saturated carbocycles. The number of amidine groups is 1. The summed E-state index contributed by atoms with van der Waals surface area (Å²) in [4.78, 5) is 15.2. The Morgan fingerprint density at radius 2 is 2.42 bits per heavy atom. The molecular formula is C12H11N5OS. The second kappa shape index (κ2) is 4.85. The fourth-order valence-electron chi connectivity index (χ4n) is 1.75. The Labute approximate surface area is 113 Å². The molecule has 19 heavy (non-hydrogen) atoms. The van der Waals surface area contributed by atoms with Crippen LogP contribution in [-0.2, 0) is 11.8 Å². The molecule has 2 heterocycles. The predicted octanol–water partition coefficient (Wildman–Crippen LogP) is 1.13. The number of imidazole rings is 1. The van der Waals surface area contributed by atoms with Gasteiger partial charge < -0.3 is 9.88 Å². The van der Waals surface area contributed by atoms with Crippen molar-refractivity contribution < 1.29 is 4.79 Å². The highest BCUT2D eigenvalue weighted by Crippen LogP contribution is 2.13. The van der Waals surface area contributed by atoms with Crippen molar-refractivity contribution in [1.82, 2.24) is 14.9 Å². The lowest BCUT2D eigenvalue weighted by atomic mass is 10.2. The van der Waals surface area contributed by atoms with Gasteiger partial charge in [0.25, 0.3) is 0 Å². The average molecular weight is 273 g/mol. The second-order valence-electron chi connectivity index (χ2n) is 4.09. The van der Waals surface area contributed by atoms with Gasteiger partial charge in [-0.05, 0) is 17.7 Å². The van der Waals surface area contributed by atoms with Crippen LogP contribution in [0.1, 0.15) is 5.56 Å². The first-order valence-corrected chi connectivity index (χ1v) is 6.66. The number of hydrogen-bond acceptors (Lipinski definition) is 5. The zero-order chi connectivity index (χ0) is 13.2. The molecule has 7 heteroatoms. The lowest BCUT2D eigenvalue weighted by molar-refractivity contribution is -0.116. The maximum atomic E-state index is 11.0. The fraction of sp³-hybridized carbons (Fsp3) is 0.167. The molecule has 96 valence electrons. The molecule has 6 nitrogen and oxygen atoms in total. The van der Waals surface area contributed by atoms with Gasteiger partial charge >= 0.3 is 0 Å². The van der Waals surface area contributed by atoms with Crippen LogP contribution in [0.4, 0.5) is 0 Å². The summed E-state index contributed by atoms with van der Waals surface area (Å²) < 4.78 is 1.95. The van der Waals surface area contributed by atoms with E-state index in [1.54, 1.807) is 12.5 Å². The summed E-state index contributed by atoms with van der Waals surface area (Å²) in [6.45, 7) is 0. The van der Waals surface area contributed by atoms with Gasteiger partial charge in [-0.25, -0.2) is 4.98 Å². The summed E-state index contributed by atoms with van der Waals surface area (Å²) in [5.74, 6) is 0.380. The van der Waals surface area contributed by atoms with Gasteiger partial charge in [0.2, 0.25) is 5.91 Å². The van der Waals surface area contributed by atoms with E-state index in [0.717, 1.165) is 16.6 Å². The summed E-state index contributed by atoms with van der Waals surface area (Å²) in [5, 5.41) is 11.1. The molecule has 1 aliphatic rings. The number of nitrogens with one attached hydrogen (secondary N) is 1. The molecule has 0 aliphatic carbocycles. The van der Waals surface area contributed by atoms with Gasteiger partial charge in [0, 0.05) is 7.05 Å². The van der Waals surface area contributed by atoms with Crippen LogP contribution in [0.15, 0.2) is 34.7 Å². The van der Waals surface area contributed by atoms with Crippen molar-refractivity contribution in [2.24, 2.45) is 17.3 Å². The molecule has 0 atom stereocenters. The van der Waals surface area contributed by atoms with Crippen LogP contribution in [0.25, 0.3) is 11.0 Å². The quantitative estimate of drug-likeness (QED) is 0.658. The van der Waals surface area contributed by atoms with E-state index in [4.69, 9.17) is 0 Å². The Hall–Kier alpha value is -2.15. The number of rotatable bonds is 2. The van der Waals surface area contributed by atoms with Gasteiger partial charge in [-0.1, -0.05) is 17.8 Å². The number of amides is 1. The molecule has 0 spiro atoms. The molecule has 0 bridgehead atoms. The van der Waals surface area contributed by atoms with Crippen molar-refractivity contribution in [3.05, 3.63) is 30.1 Å². The third kappa shape index (κ3) is 2.50. The molecule has 2 aromatic rings. The molecule has 1 aliphatic heterocycles. The van der Waals surface area contributed by atoms with Crippen molar-refractivity contribution >= 4 is 40.1 Å². The lowest BCUT2D eigenvalue weighted by Gasteiger charge is -1.96. The van der Waals surface area contributed by atoms with E-state index in [1.807, 2.05) is 29.8 Å². The number of aryl methyl sites for hydroxylation is 1. The van der Waals surface area contributed by atoms with Crippen LogP contribution in [0.2, 0.25) is 0 Å². The number of carbonyl (C=O) groups excluding carboxylic acids is 1. The van der Waals surface area contributed by atoms with Crippen molar-refractivity contribution in [3.8, 4) is 0 Å². The highest BCUT2D eigenvalue weighted by Gasteiger charge is 2.15. The van der Waals surface area contributed by atoms with Gasteiger partial charge in [-0.2, -0.15) is 5.10 Å². The first kappa shape index (κ1) is 11.9. The minimum Gasteiger partial charge on any atom is -0.334 e. The molecule has 1 aromatic heterocycles. The molecule has 1 amide bonds. The lowest BCUT2D eigenvalue weighted by Crippen LogP contribution is -2.19. The molecule has 1 aromatic carbocycles. The van der Waals surface area contributed by atoms with Crippen LogP contribution in [0.5, 0.6) is 0 Å². The van der Waals surface area contributed by atoms with Crippen LogP contribution in [0, 0.1) is 0 Å². The summed E-state index contributed by atoms with van der Waals surface area (Å²) in [6.07, 6.45) is 3.43. The maximum Gasteiger partial charge on any atom is 0.236 e. The summed E-state index contributed by atoms with van der Waals surface area (Å²) in [7, 11) is 1.95. The molecule has 3 rings (SSSR count). The third-order valence-corrected chi connectivity index (χ3v) is 3.55. The second-order valence-corrected chi connectivity index (χ2v) is 5.05. The standard InChI is InChI=1S/C12H11N5OS/c1-17-7-13-9-3-2-8(4-10(9)17)5-14-16-12-15-11(18)6-19-12/h2-5,7H,6H2,1H3,(H,15,16,18). The average Bonchev–Trinajstić information content (AvgIpc) is 2.97. The fourth-order valence-corrected chi connectivity index (χ4v) is 2.38. The van der Waals surface area contributed by atoms with Gasteiger partial charge in [0.05, 0.1) is 29.3 Å². The minimum atomic E-state index is -0.0322. The zero-order valence-electron chi connectivity index (χ0n) is 10.2. The number of thioether (sulfide) groups is 1. The Morgan fingerprint density at radius 3 is 3.21 bits per heavy atom. The number of hydrogen-bond donors (Lipinski definition) is 1. The Balaban J connectivity index is 1.81. The normalized spacial score (nSPS) is 17.7. The van der Waals surface area contributed by atoms with Crippen LogP contribution in [-0.4, -0.2) is 32.6 Å². The van der Waals surface area contributed by atoms with Crippen LogP contribution >= 0.6 is 11.8 Å². The van der Waals surface area contributed by atoms with E-state index in [-0.39, 0.29) is 5.91 Å². The van der Waals surface area contributed by atoms with E-state index in [9.17, 15) is 4.79 Å². The van der Waals surface area contributed by atoms with E-state index in [2.05, 4.69) is 20.5 Å². The van der Waals surface area contributed by atoms with E-state index >= 15 is 0 Å². The monoisotopic (exact) mass is 273 g/mol. The van der Waals surface area contributed by atoms with Crippen LogP contribution in [0.3, 0.4) is 0 Å². The first-order valence-electron chi connectivity index (χ1n) is 5.67. The maximum absolute atomic E-state index is 11.0. The molecular weight excluding hydrogens is 262 g/mol.